The van der Waals surface area contributed by atoms with Crippen LogP contribution in [0.2, 0.25) is 5.02 Å². The maximum absolute atomic E-state index is 12.8. The van der Waals surface area contributed by atoms with Gasteiger partial charge in [0.1, 0.15) is 6.33 Å². The summed E-state index contributed by atoms with van der Waals surface area (Å²) in [6.07, 6.45) is 4.07. The van der Waals surface area contributed by atoms with Crippen molar-refractivity contribution in [3.8, 4) is 5.69 Å². The van der Waals surface area contributed by atoms with Gasteiger partial charge in [0.05, 0.1) is 17.8 Å². The van der Waals surface area contributed by atoms with E-state index in [1.807, 2.05) is 19.1 Å². The molecule has 1 aromatic heterocycles. The SMILES string of the molecule is C[C@H]1CCN[C@H]1C(=O)NC(=O)[C@@H]1CCCN1Cc1cc(Cl)ccc1-n1cnnn1. The number of likely N-dealkylation sites (tertiary alicyclic amines) is 1. The lowest BCUT2D eigenvalue weighted by Gasteiger charge is -2.25. The van der Waals surface area contributed by atoms with E-state index in [4.69, 9.17) is 11.6 Å². The summed E-state index contributed by atoms with van der Waals surface area (Å²) in [5.74, 6) is -0.240. The maximum Gasteiger partial charge on any atom is 0.244 e. The zero-order chi connectivity index (χ0) is 20.4. The van der Waals surface area contributed by atoms with Gasteiger partial charge in [-0.05, 0) is 72.5 Å². The Hall–Kier alpha value is -2.36. The molecule has 1 aromatic carbocycles. The van der Waals surface area contributed by atoms with Crippen LogP contribution in [0.3, 0.4) is 0 Å². The number of carbonyl (C=O) groups excluding carboxylic acids is 2. The molecular formula is C19H24ClN7O2. The fourth-order valence-corrected chi connectivity index (χ4v) is 4.37. The molecule has 3 atom stereocenters. The summed E-state index contributed by atoms with van der Waals surface area (Å²) in [7, 11) is 0. The summed E-state index contributed by atoms with van der Waals surface area (Å²) in [6, 6.07) is 4.85. The molecule has 0 radical (unpaired) electrons. The molecule has 0 bridgehead atoms. The number of amides is 2. The van der Waals surface area contributed by atoms with Crippen molar-refractivity contribution >= 4 is 23.4 Å². The van der Waals surface area contributed by atoms with Gasteiger partial charge in [0.15, 0.2) is 0 Å². The summed E-state index contributed by atoms with van der Waals surface area (Å²) < 4.78 is 1.58. The van der Waals surface area contributed by atoms with Crippen LogP contribution in [0.15, 0.2) is 24.5 Å². The molecule has 2 fully saturated rings. The van der Waals surface area contributed by atoms with Crippen molar-refractivity contribution in [1.82, 2.24) is 35.7 Å². The minimum Gasteiger partial charge on any atom is -0.306 e. The number of rotatable bonds is 5. The molecule has 154 valence electrons. The molecule has 0 spiro atoms. The molecule has 10 heteroatoms. The topological polar surface area (TPSA) is 105 Å². The van der Waals surface area contributed by atoms with Crippen LogP contribution in [0.5, 0.6) is 0 Å². The van der Waals surface area contributed by atoms with Gasteiger partial charge in [0.25, 0.3) is 0 Å². The lowest BCUT2D eigenvalue weighted by atomic mass is 10.0. The predicted molar refractivity (Wildman–Crippen MR) is 106 cm³/mol. The van der Waals surface area contributed by atoms with Gasteiger partial charge in [-0.1, -0.05) is 18.5 Å². The van der Waals surface area contributed by atoms with Crippen molar-refractivity contribution in [2.24, 2.45) is 5.92 Å². The van der Waals surface area contributed by atoms with E-state index in [0.717, 1.165) is 37.2 Å². The zero-order valence-corrected chi connectivity index (χ0v) is 17.0. The van der Waals surface area contributed by atoms with Crippen molar-refractivity contribution in [2.75, 3.05) is 13.1 Å². The van der Waals surface area contributed by atoms with Crippen LogP contribution in [0.1, 0.15) is 31.7 Å². The van der Waals surface area contributed by atoms with E-state index in [9.17, 15) is 9.59 Å². The Balaban J connectivity index is 1.47. The Bertz CT molecular complexity index is 889. The Morgan fingerprint density at radius 1 is 1.31 bits per heavy atom. The number of hydrogen-bond donors (Lipinski definition) is 2. The highest BCUT2D eigenvalue weighted by atomic mass is 35.5. The first-order valence-corrected chi connectivity index (χ1v) is 10.2. The summed E-state index contributed by atoms with van der Waals surface area (Å²) in [5.41, 5.74) is 1.73. The third-order valence-electron chi connectivity index (χ3n) is 5.74. The minimum atomic E-state index is -0.351. The molecule has 0 saturated carbocycles. The van der Waals surface area contributed by atoms with Gasteiger partial charge >= 0.3 is 0 Å². The molecule has 0 unspecified atom stereocenters. The second-order valence-electron chi connectivity index (χ2n) is 7.71. The molecule has 2 aliphatic heterocycles. The predicted octanol–water partition coefficient (Wildman–Crippen LogP) is 0.921. The Morgan fingerprint density at radius 3 is 2.90 bits per heavy atom. The zero-order valence-electron chi connectivity index (χ0n) is 16.2. The van der Waals surface area contributed by atoms with Gasteiger partial charge < -0.3 is 5.32 Å². The second-order valence-corrected chi connectivity index (χ2v) is 8.14. The molecule has 2 aromatic rings. The number of benzene rings is 1. The molecule has 2 amide bonds. The third kappa shape index (κ3) is 4.31. The van der Waals surface area contributed by atoms with Crippen LogP contribution in [0, 0.1) is 5.92 Å². The molecule has 2 aliphatic rings. The third-order valence-corrected chi connectivity index (χ3v) is 5.97. The lowest BCUT2D eigenvalue weighted by Crippen LogP contribution is -2.51. The van der Waals surface area contributed by atoms with Crippen LogP contribution in [-0.2, 0) is 16.1 Å². The number of carbonyl (C=O) groups is 2. The Labute approximate surface area is 173 Å². The van der Waals surface area contributed by atoms with Gasteiger partial charge in [-0.3, -0.25) is 19.8 Å². The number of halogens is 1. The number of hydrogen-bond acceptors (Lipinski definition) is 7. The normalized spacial score (nSPS) is 24.7. The van der Waals surface area contributed by atoms with Gasteiger partial charge in [0.2, 0.25) is 11.8 Å². The fourth-order valence-electron chi connectivity index (χ4n) is 4.17. The molecule has 29 heavy (non-hydrogen) atoms. The Morgan fingerprint density at radius 2 is 2.17 bits per heavy atom. The summed E-state index contributed by atoms with van der Waals surface area (Å²) in [6.45, 7) is 4.11. The van der Waals surface area contributed by atoms with E-state index < -0.39 is 0 Å². The highest BCUT2D eigenvalue weighted by Gasteiger charge is 2.35. The first kappa shape index (κ1) is 19.9. The van der Waals surface area contributed by atoms with Gasteiger partial charge in [-0.15, -0.1) is 5.10 Å². The van der Waals surface area contributed by atoms with Crippen molar-refractivity contribution in [2.45, 2.75) is 44.8 Å². The van der Waals surface area contributed by atoms with Gasteiger partial charge in [0, 0.05) is 11.6 Å². The van der Waals surface area contributed by atoms with E-state index in [2.05, 4.69) is 31.1 Å². The molecule has 4 rings (SSSR count). The largest absolute Gasteiger partial charge is 0.306 e. The van der Waals surface area contributed by atoms with Crippen molar-refractivity contribution in [3.05, 3.63) is 35.1 Å². The van der Waals surface area contributed by atoms with E-state index in [0.29, 0.717) is 18.0 Å². The molecule has 9 nitrogen and oxygen atoms in total. The standard InChI is InChI=1S/C19H24ClN7O2/c1-12-6-7-21-17(12)19(29)23-18(28)16-3-2-8-26(16)10-13-9-14(20)4-5-15(13)27-11-22-24-25-27/h4-5,9,11-12,16-17,21H,2-3,6-8,10H2,1H3,(H,23,28,29)/t12-,16-,17+/m0/s1. The maximum atomic E-state index is 12.8. The average molecular weight is 418 g/mol. The van der Waals surface area contributed by atoms with Crippen molar-refractivity contribution < 1.29 is 9.59 Å². The minimum absolute atomic E-state index is 0.229. The van der Waals surface area contributed by atoms with Gasteiger partial charge in [-0.25, -0.2) is 4.68 Å². The van der Waals surface area contributed by atoms with Crippen molar-refractivity contribution in [1.29, 1.82) is 0 Å². The van der Waals surface area contributed by atoms with Gasteiger partial charge in [-0.2, -0.15) is 0 Å². The first-order chi connectivity index (χ1) is 14.0. The van der Waals surface area contributed by atoms with Crippen LogP contribution in [-0.4, -0.2) is 62.1 Å². The van der Waals surface area contributed by atoms with Crippen LogP contribution in [0.25, 0.3) is 5.69 Å². The van der Waals surface area contributed by atoms with E-state index in [-0.39, 0.29) is 29.8 Å². The summed E-state index contributed by atoms with van der Waals surface area (Å²) >= 11 is 6.21. The van der Waals surface area contributed by atoms with Crippen molar-refractivity contribution in [3.63, 3.8) is 0 Å². The highest BCUT2D eigenvalue weighted by Crippen LogP contribution is 2.25. The van der Waals surface area contributed by atoms with E-state index >= 15 is 0 Å². The average Bonchev–Trinajstić information content (AvgIpc) is 3.43. The number of imide groups is 1. The number of tetrazole rings is 1. The van der Waals surface area contributed by atoms with Crippen LogP contribution >= 0.6 is 11.6 Å². The summed E-state index contributed by atoms with van der Waals surface area (Å²) in [4.78, 5) is 27.4. The number of aromatic nitrogens is 4. The fraction of sp³-hybridized carbons (Fsp3) is 0.526. The van der Waals surface area contributed by atoms with Crippen LogP contribution in [0.4, 0.5) is 0 Å². The number of nitrogens with zero attached hydrogens (tertiary/aromatic N) is 5. The Kier molecular flexibility index (Phi) is 5.89. The molecule has 2 saturated heterocycles. The molecule has 2 N–H and O–H groups in total. The van der Waals surface area contributed by atoms with E-state index in [1.165, 1.54) is 6.33 Å². The quantitative estimate of drug-likeness (QED) is 0.697. The van der Waals surface area contributed by atoms with Crippen LogP contribution < -0.4 is 10.6 Å². The summed E-state index contributed by atoms with van der Waals surface area (Å²) in [5, 5.41) is 17.7. The highest BCUT2D eigenvalue weighted by molar-refractivity contribution is 6.30. The molecule has 0 aliphatic carbocycles. The monoisotopic (exact) mass is 417 g/mol. The smallest absolute Gasteiger partial charge is 0.244 e. The molecular weight excluding hydrogens is 394 g/mol. The van der Waals surface area contributed by atoms with E-state index in [1.54, 1.807) is 10.7 Å². The first-order valence-electron chi connectivity index (χ1n) is 9.87. The lowest BCUT2D eigenvalue weighted by molar-refractivity contribution is -0.134. The molecule has 3 heterocycles. The second kappa shape index (κ2) is 8.56. The number of nitrogens with one attached hydrogen (secondary N) is 2.